The second kappa shape index (κ2) is 4.45. The van der Waals surface area contributed by atoms with Gasteiger partial charge in [0.15, 0.2) is 5.69 Å². The van der Waals surface area contributed by atoms with Gasteiger partial charge in [0, 0.05) is 17.1 Å². The molecule has 0 aliphatic heterocycles. The average Bonchev–Trinajstić information content (AvgIpc) is 3.04. The summed E-state index contributed by atoms with van der Waals surface area (Å²) in [5.41, 5.74) is 8.01. The molecule has 7 heteroatoms. The Morgan fingerprint density at radius 3 is 3.11 bits per heavy atom. The number of carbonyl (C=O) groups excluding carboxylic acids is 1. The molecule has 1 amide bonds. The van der Waals surface area contributed by atoms with Gasteiger partial charge in [0.25, 0.3) is 5.91 Å². The van der Waals surface area contributed by atoms with Gasteiger partial charge < -0.3 is 15.6 Å². The van der Waals surface area contributed by atoms with Crippen LogP contribution in [0.5, 0.6) is 0 Å². The van der Waals surface area contributed by atoms with Gasteiger partial charge in [-0.05, 0) is 18.2 Å². The minimum Gasteiger partial charge on any atom is -0.399 e. The highest BCUT2D eigenvalue weighted by Gasteiger charge is 2.14. The molecule has 4 N–H and O–H groups in total. The van der Waals surface area contributed by atoms with Crippen molar-refractivity contribution in [1.29, 1.82) is 0 Å². The zero-order chi connectivity index (χ0) is 13.2. The van der Waals surface area contributed by atoms with E-state index in [1.165, 1.54) is 6.26 Å². The molecule has 7 nitrogen and oxygen atoms in total. The molecule has 0 spiro atoms. The van der Waals surface area contributed by atoms with Crippen molar-refractivity contribution in [2.45, 2.75) is 6.54 Å². The van der Waals surface area contributed by atoms with Crippen LogP contribution in [0, 0.1) is 0 Å². The summed E-state index contributed by atoms with van der Waals surface area (Å²) in [5, 5.41) is 13.9. The predicted octanol–water partition coefficient (Wildman–Crippen LogP) is 1.06. The number of carbonyl (C=O) groups is 1. The lowest BCUT2D eigenvalue weighted by atomic mass is 10.2. The van der Waals surface area contributed by atoms with Crippen molar-refractivity contribution < 1.29 is 9.32 Å². The van der Waals surface area contributed by atoms with Crippen LogP contribution < -0.4 is 11.1 Å². The summed E-state index contributed by atoms with van der Waals surface area (Å²) in [7, 11) is 0. The van der Waals surface area contributed by atoms with Crippen LogP contribution in [0.1, 0.15) is 16.2 Å². The Labute approximate surface area is 107 Å². The van der Waals surface area contributed by atoms with E-state index in [1.54, 1.807) is 24.3 Å². The van der Waals surface area contributed by atoms with Crippen LogP contribution in [0.25, 0.3) is 10.9 Å². The average molecular weight is 257 g/mol. The van der Waals surface area contributed by atoms with Crippen LogP contribution in [0.3, 0.4) is 0 Å². The summed E-state index contributed by atoms with van der Waals surface area (Å²) in [4.78, 5) is 12.0. The summed E-state index contributed by atoms with van der Waals surface area (Å²) in [5.74, 6) is -0.292. The summed E-state index contributed by atoms with van der Waals surface area (Å²) < 4.78 is 4.68. The smallest absolute Gasteiger partial charge is 0.272 e. The molecule has 0 bridgehead atoms. The first kappa shape index (κ1) is 11.3. The maximum Gasteiger partial charge on any atom is 0.272 e. The van der Waals surface area contributed by atoms with Crippen LogP contribution in [-0.2, 0) is 6.54 Å². The van der Waals surface area contributed by atoms with E-state index < -0.39 is 0 Å². The third-order valence-electron chi connectivity index (χ3n) is 2.72. The van der Waals surface area contributed by atoms with Gasteiger partial charge in [0.1, 0.15) is 12.0 Å². The van der Waals surface area contributed by atoms with Gasteiger partial charge in [0.2, 0.25) is 0 Å². The van der Waals surface area contributed by atoms with E-state index in [0.717, 1.165) is 5.52 Å². The maximum absolute atomic E-state index is 12.0. The molecule has 2 aromatic heterocycles. The molecule has 3 rings (SSSR count). The van der Waals surface area contributed by atoms with Crippen molar-refractivity contribution >= 4 is 22.5 Å². The fourth-order valence-electron chi connectivity index (χ4n) is 1.79. The Bertz CT molecular complexity index is 717. The largest absolute Gasteiger partial charge is 0.399 e. The molecule has 0 saturated heterocycles. The Morgan fingerprint density at radius 2 is 2.32 bits per heavy atom. The first-order chi connectivity index (χ1) is 9.24. The first-order valence-corrected chi connectivity index (χ1v) is 5.65. The number of hydrogen-bond acceptors (Lipinski definition) is 5. The van der Waals surface area contributed by atoms with Crippen molar-refractivity contribution in [3.05, 3.63) is 41.9 Å². The lowest BCUT2D eigenvalue weighted by Crippen LogP contribution is -2.23. The van der Waals surface area contributed by atoms with Gasteiger partial charge in [-0.3, -0.25) is 9.89 Å². The van der Waals surface area contributed by atoms with Crippen molar-refractivity contribution in [3.8, 4) is 0 Å². The zero-order valence-electron chi connectivity index (χ0n) is 9.88. The SMILES string of the molecule is Nc1ccc2[nH]nc(C(=O)NCc3ccon3)c2c1. The summed E-state index contributed by atoms with van der Waals surface area (Å²) in [6.07, 6.45) is 1.45. The number of anilines is 1. The lowest BCUT2D eigenvalue weighted by Gasteiger charge is -2.00. The number of aromatic amines is 1. The Morgan fingerprint density at radius 1 is 1.42 bits per heavy atom. The maximum atomic E-state index is 12.0. The van der Waals surface area contributed by atoms with Crippen LogP contribution >= 0.6 is 0 Å². The Balaban J connectivity index is 1.83. The van der Waals surface area contributed by atoms with Gasteiger partial charge in [0.05, 0.1) is 12.1 Å². The van der Waals surface area contributed by atoms with E-state index in [0.29, 0.717) is 22.5 Å². The number of rotatable bonds is 3. The molecule has 0 fully saturated rings. The Hall–Kier alpha value is -2.83. The van der Waals surface area contributed by atoms with Crippen molar-refractivity contribution in [2.75, 3.05) is 5.73 Å². The van der Waals surface area contributed by atoms with Crippen molar-refractivity contribution in [1.82, 2.24) is 20.7 Å². The molecule has 3 aromatic rings. The van der Waals surface area contributed by atoms with Gasteiger partial charge >= 0.3 is 0 Å². The molecule has 96 valence electrons. The topological polar surface area (TPSA) is 110 Å². The fraction of sp³-hybridized carbons (Fsp3) is 0.0833. The monoisotopic (exact) mass is 257 g/mol. The highest BCUT2D eigenvalue weighted by Crippen LogP contribution is 2.18. The number of nitrogen functional groups attached to an aromatic ring is 1. The molecule has 0 unspecified atom stereocenters. The summed E-state index contributed by atoms with van der Waals surface area (Å²) >= 11 is 0. The third kappa shape index (κ3) is 2.13. The minimum absolute atomic E-state index is 0.284. The Kier molecular flexibility index (Phi) is 2.64. The van der Waals surface area contributed by atoms with Crippen LogP contribution in [-0.4, -0.2) is 21.3 Å². The molecular weight excluding hydrogens is 246 g/mol. The van der Waals surface area contributed by atoms with E-state index in [4.69, 9.17) is 5.73 Å². The van der Waals surface area contributed by atoms with Crippen LogP contribution in [0.15, 0.2) is 35.1 Å². The van der Waals surface area contributed by atoms with Crippen molar-refractivity contribution in [3.63, 3.8) is 0 Å². The molecule has 2 heterocycles. The molecular formula is C12H11N5O2. The molecule has 0 aliphatic rings. The summed E-state index contributed by atoms with van der Waals surface area (Å²) in [6, 6.07) is 6.93. The highest BCUT2D eigenvalue weighted by atomic mass is 16.5. The quantitative estimate of drug-likeness (QED) is 0.608. The van der Waals surface area contributed by atoms with Gasteiger partial charge in [-0.2, -0.15) is 5.10 Å². The second-order valence-corrected chi connectivity index (χ2v) is 4.05. The number of nitrogens with zero attached hydrogens (tertiary/aromatic N) is 2. The third-order valence-corrected chi connectivity index (χ3v) is 2.72. The number of benzene rings is 1. The highest BCUT2D eigenvalue weighted by molar-refractivity contribution is 6.05. The predicted molar refractivity (Wildman–Crippen MR) is 68.2 cm³/mol. The minimum atomic E-state index is -0.292. The summed E-state index contributed by atoms with van der Waals surface area (Å²) in [6.45, 7) is 0.284. The van der Waals surface area contributed by atoms with Crippen molar-refractivity contribution in [2.24, 2.45) is 0 Å². The van der Waals surface area contributed by atoms with Gasteiger partial charge in [-0.25, -0.2) is 0 Å². The van der Waals surface area contributed by atoms with Crippen LogP contribution in [0.4, 0.5) is 5.69 Å². The van der Waals surface area contributed by atoms with E-state index >= 15 is 0 Å². The van der Waals surface area contributed by atoms with Crippen LogP contribution in [0.2, 0.25) is 0 Å². The molecule has 0 atom stereocenters. The standard InChI is InChI=1S/C12H11N5O2/c13-7-1-2-10-9(5-7)11(16-15-10)12(18)14-6-8-3-4-19-17-8/h1-5H,6,13H2,(H,14,18)(H,15,16). The second-order valence-electron chi connectivity index (χ2n) is 4.05. The number of fused-ring (bicyclic) bond motifs is 1. The van der Waals surface area contributed by atoms with E-state index in [1.807, 2.05) is 0 Å². The molecule has 0 aliphatic carbocycles. The number of amides is 1. The first-order valence-electron chi connectivity index (χ1n) is 5.65. The van der Waals surface area contributed by atoms with E-state index in [2.05, 4.69) is 25.2 Å². The molecule has 1 aromatic carbocycles. The lowest BCUT2D eigenvalue weighted by molar-refractivity contribution is 0.0946. The fourth-order valence-corrected chi connectivity index (χ4v) is 1.79. The number of aromatic nitrogens is 3. The number of hydrogen-bond donors (Lipinski definition) is 3. The van der Waals surface area contributed by atoms with E-state index in [9.17, 15) is 4.79 Å². The molecule has 19 heavy (non-hydrogen) atoms. The van der Waals surface area contributed by atoms with Gasteiger partial charge in [-0.15, -0.1) is 0 Å². The van der Waals surface area contributed by atoms with Gasteiger partial charge in [-0.1, -0.05) is 5.16 Å². The number of nitrogens with one attached hydrogen (secondary N) is 2. The number of nitrogens with two attached hydrogens (primary N) is 1. The zero-order valence-corrected chi connectivity index (χ0v) is 9.88. The molecule has 0 radical (unpaired) electrons. The van der Waals surface area contributed by atoms with E-state index in [-0.39, 0.29) is 12.5 Å². The molecule has 0 saturated carbocycles. The number of H-pyrrole nitrogens is 1. The normalized spacial score (nSPS) is 10.7.